The molecule has 0 aliphatic carbocycles. The van der Waals surface area contributed by atoms with E-state index in [9.17, 15) is 0 Å². The van der Waals surface area contributed by atoms with Crippen LogP contribution in [0.5, 0.6) is 0 Å². The SMILES string of the molecule is CCc1cncc(C2CCCCN2)c1. The zero-order chi connectivity index (χ0) is 9.80. The number of nitrogens with one attached hydrogen (secondary N) is 1. The highest BCUT2D eigenvalue weighted by molar-refractivity contribution is 5.21. The van der Waals surface area contributed by atoms with Crippen LogP contribution in [0.1, 0.15) is 43.4 Å². The van der Waals surface area contributed by atoms with Gasteiger partial charge >= 0.3 is 0 Å². The van der Waals surface area contributed by atoms with Gasteiger partial charge in [-0.15, -0.1) is 0 Å². The van der Waals surface area contributed by atoms with Crippen LogP contribution < -0.4 is 5.32 Å². The quantitative estimate of drug-likeness (QED) is 0.775. The van der Waals surface area contributed by atoms with Crippen molar-refractivity contribution in [2.75, 3.05) is 6.54 Å². The van der Waals surface area contributed by atoms with E-state index in [0.29, 0.717) is 6.04 Å². The van der Waals surface area contributed by atoms with Crippen LogP contribution >= 0.6 is 0 Å². The first-order valence-corrected chi connectivity index (χ1v) is 5.57. The molecule has 1 aliphatic heterocycles. The second kappa shape index (κ2) is 4.56. The monoisotopic (exact) mass is 190 g/mol. The molecule has 1 aromatic heterocycles. The Balaban J connectivity index is 2.13. The van der Waals surface area contributed by atoms with Crippen LogP contribution in [-0.2, 0) is 6.42 Å². The molecule has 1 fully saturated rings. The molecule has 0 amide bonds. The van der Waals surface area contributed by atoms with E-state index >= 15 is 0 Å². The standard InChI is InChI=1S/C12H18N2/c1-2-10-7-11(9-13-8-10)12-5-3-4-6-14-12/h7-9,12,14H,2-6H2,1H3. The van der Waals surface area contributed by atoms with Gasteiger partial charge in [0.25, 0.3) is 0 Å². The molecule has 2 rings (SSSR count). The topological polar surface area (TPSA) is 24.9 Å². The van der Waals surface area contributed by atoms with E-state index in [-0.39, 0.29) is 0 Å². The Labute approximate surface area is 85.7 Å². The van der Waals surface area contributed by atoms with Crippen molar-refractivity contribution >= 4 is 0 Å². The molecular formula is C12H18N2. The highest BCUT2D eigenvalue weighted by atomic mass is 14.9. The summed E-state index contributed by atoms with van der Waals surface area (Å²) in [5, 5.41) is 3.55. The molecule has 0 saturated carbocycles. The van der Waals surface area contributed by atoms with Crippen molar-refractivity contribution in [2.24, 2.45) is 0 Å². The molecule has 1 aromatic rings. The Hall–Kier alpha value is -0.890. The van der Waals surface area contributed by atoms with Gasteiger partial charge in [0.15, 0.2) is 0 Å². The van der Waals surface area contributed by atoms with Gasteiger partial charge in [-0.1, -0.05) is 19.4 Å². The Morgan fingerprint density at radius 2 is 2.36 bits per heavy atom. The number of piperidine rings is 1. The maximum atomic E-state index is 4.29. The van der Waals surface area contributed by atoms with Gasteiger partial charge in [0.1, 0.15) is 0 Å². The Morgan fingerprint density at radius 3 is 3.07 bits per heavy atom. The lowest BCUT2D eigenvalue weighted by molar-refractivity contribution is 0.411. The van der Waals surface area contributed by atoms with Crippen molar-refractivity contribution in [1.29, 1.82) is 0 Å². The third-order valence-electron chi connectivity index (χ3n) is 2.94. The van der Waals surface area contributed by atoms with Crippen molar-refractivity contribution in [3.63, 3.8) is 0 Å². The van der Waals surface area contributed by atoms with E-state index in [1.54, 1.807) is 0 Å². The van der Waals surface area contributed by atoms with Crippen LogP contribution in [0.15, 0.2) is 18.5 Å². The van der Waals surface area contributed by atoms with Crippen molar-refractivity contribution in [2.45, 2.75) is 38.6 Å². The largest absolute Gasteiger partial charge is 0.310 e. The number of aromatic nitrogens is 1. The molecule has 1 atom stereocenters. The summed E-state index contributed by atoms with van der Waals surface area (Å²) >= 11 is 0. The van der Waals surface area contributed by atoms with Crippen molar-refractivity contribution in [3.8, 4) is 0 Å². The third-order valence-corrected chi connectivity index (χ3v) is 2.94. The van der Waals surface area contributed by atoms with Crippen LogP contribution in [0.3, 0.4) is 0 Å². The summed E-state index contributed by atoms with van der Waals surface area (Å²) in [6.45, 7) is 3.33. The predicted octanol–water partition coefficient (Wildman–Crippen LogP) is 2.46. The maximum absolute atomic E-state index is 4.29. The van der Waals surface area contributed by atoms with Gasteiger partial charge in [-0.3, -0.25) is 4.98 Å². The third kappa shape index (κ3) is 2.13. The lowest BCUT2D eigenvalue weighted by Gasteiger charge is -2.23. The van der Waals surface area contributed by atoms with Gasteiger partial charge in [0, 0.05) is 18.4 Å². The first kappa shape index (κ1) is 9.66. The second-order valence-corrected chi connectivity index (χ2v) is 3.98. The first-order chi connectivity index (χ1) is 6.90. The van der Waals surface area contributed by atoms with E-state index in [1.807, 2.05) is 12.4 Å². The minimum atomic E-state index is 0.544. The van der Waals surface area contributed by atoms with E-state index in [0.717, 1.165) is 13.0 Å². The van der Waals surface area contributed by atoms with Gasteiger partial charge in [-0.05, 0) is 36.9 Å². The predicted molar refractivity (Wildman–Crippen MR) is 58.2 cm³/mol. The number of rotatable bonds is 2. The summed E-state index contributed by atoms with van der Waals surface area (Å²) in [4.78, 5) is 4.29. The summed E-state index contributed by atoms with van der Waals surface area (Å²) in [7, 11) is 0. The molecule has 76 valence electrons. The smallest absolute Gasteiger partial charge is 0.0335 e. The molecule has 0 bridgehead atoms. The summed E-state index contributed by atoms with van der Waals surface area (Å²) in [5.41, 5.74) is 2.71. The summed E-state index contributed by atoms with van der Waals surface area (Å²) in [6.07, 6.45) is 8.96. The highest BCUT2D eigenvalue weighted by Gasteiger charge is 2.14. The minimum Gasteiger partial charge on any atom is -0.310 e. The van der Waals surface area contributed by atoms with Crippen molar-refractivity contribution in [1.82, 2.24) is 10.3 Å². The lowest BCUT2D eigenvalue weighted by Crippen LogP contribution is -2.26. The Kier molecular flexibility index (Phi) is 3.14. The average Bonchev–Trinajstić information content (AvgIpc) is 2.30. The number of aryl methyl sites for hydroxylation is 1. The molecule has 0 aromatic carbocycles. The molecule has 2 heteroatoms. The maximum Gasteiger partial charge on any atom is 0.0335 e. The lowest BCUT2D eigenvalue weighted by atomic mass is 9.98. The molecule has 1 unspecified atom stereocenters. The van der Waals surface area contributed by atoms with E-state index in [1.165, 1.54) is 30.4 Å². The Morgan fingerprint density at radius 1 is 1.43 bits per heavy atom. The summed E-state index contributed by atoms with van der Waals surface area (Å²) in [5.74, 6) is 0. The fourth-order valence-electron chi connectivity index (χ4n) is 2.03. The summed E-state index contributed by atoms with van der Waals surface area (Å²) in [6, 6.07) is 2.83. The van der Waals surface area contributed by atoms with Gasteiger partial charge in [-0.2, -0.15) is 0 Å². The van der Waals surface area contributed by atoms with E-state index in [2.05, 4.69) is 23.3 Å². The number of pyridine rings is 1. The van der Waals surface area contributed by atoms with Gasteiger partial charge in [0.05, 0.1) is 0 Å². The van der Waals surface area contributed by atoms with Crippen LogP contribution in [-0.4, -0.2) is 11.5 Å². The number of hydrogen-bond donors (Lipinski definition) is 1. The molecule has 0 radical (unpaired) electrons. The van der Waals surface area contributed by atoms with Gasteiger partial charge in [-0.25, -0.2) is 0 Å². The van der Waals surface area contributed by atoms with Crippen LogP contribution in [0.25, 0.3) is 0 Å². The molecule has 1 N–H and O–H groups in total. The molecule has 1 aliphatic rings. The number of hydrogen-bond acceptors (Lipinski definition) is 2. The molecule has 2 heterocycles. The fourth-order valence-corrected chi connectivity index (χ4v) is 2.03. The molecule has 14 heavy (non-hydrogen) atoms. The van der Waals surface area contributed by atoms with Gasteiger partial charge in [0.2, 0.25) is 0 Å². The molecule has 0 spiro atoms. The normalized spacial score (nSPS) is 22.2. The molecular weight excluding hydrogens is 172 g/mol. The Bertz CT molecular complexity index is 290. The summed E-state index contributed by atoms with van der Waals surface area (Å²) < 4.78 is 0. The molecule has 1 saturated heterocycles. The van der Waals surface area contributed by atoms with E-state index < -0.39 is 0 Å². The van der Waals surface area contributed by atoms with Crippen LogP contribution in [0, 0.1) is 0 Å². The van der Waals surface area contributed by atoms with Crippen molar-refractivity contribution in [3.05, 3.63) is 29.6 Å². The van der Waals surface area contributed by atoms with Gasteiger partial charge < -0.3 is 5.32 Å². The first-order valence-electron chi connectivity index (χ1n) is 5.57. The highest BCUT2D eigenvalue weighted by Crippen LogP contribution is 2.22. The fraction of sp³-hybridized carbons (Fsp3) is 0.583. The minimum absolute atomic E-state index is 0.544. The van der Waals surface area contributed by atoms with E-state index in [4.69, 9.17) is 0 Å². The zero-order valence-electron chi connectivity index (χ0n) is 8.79. The number of nitrogens with zero attached hydrogens (tertiary/aromatic N) is 1. The average molecular weight is 190 g/mol. The zero-order valence-corrected chi connectivity index (χ0v) is 8.79. The molecule has 2 nitrogen and oxygen atoms in total. The van der Waals surface area contributed by atoms with Crippen LogP contribution in [0.2, 0.25) is 0 Å². The second-order valence-electron chi connectivity index (χ2n) is 3.98. The van der Waals surface area contributed by atoms with Crippen molar-refractivity contribution < 1.29 is 0 Å². The van der Waals surface area contributed by atoms with Crippen LogP contribution in [0.4, 0.5) is 0 Å².